The summed E-state index contributed by atoms with van der Waals surface area (Å²) < 4.78 is 5.68. The third-order valence-corrected chi connectivity index (χ3v) is 4.79. The molecule has 0 radical (unpaired) electrons. The molecule has 2 aromatic carbocycles. The van der Waals surface area contributed by atoms with Crippen LogP contribution in [-0.4, -0.2) is 23.4 Å². The van der Waals surface area contributed by atoms with Gasteiger partial charge in [-0.2, -0.15) is 0 Å². The predicted octanol–water partition coefficient (Wildman–Crippen LogP) is 5.23. The van der Waals surface area contributed by atoms with E-state index in [1.54, 1.807) is 18.2 Å². The zero-order chi connectivity index (χ0) is 23.7. The van der Waals surface area contributed by atoms with E-state index in [-0.39, 0.29) is 18.0 Å². The van der Waals surface area contributed by atoms with Crippen LogP contribution in [-0.2, 0) is 21.0 Å². The molecule has 2 aromatic rings. The second-order valence-corrected chi connectivity index (χ2v) is 7.36. The lowest BCUT2D eigenvalue weighted by Crippen LogP contribution is -2.29. The Balaban J connectivity index is 2.36. The molecule has 9 nitrogen and oxygen atoms in total. The van der Waals surface area contributed by atoms with Crippen molar-refractivity contribution in [3.8, 4) is 11.5 Å². The summed E-state index contributed by atoms with van der Waals surface area (Å²) in [5.41, 5.74) is -0.00146. The van der Waals surface area contributed by atoms with Crippen LogP contribution in [0.1, 0.15) is 45.6 Å². The van der Waals surface area contributed by atoms with Gasteiger partial charge in [0, 0.05) is 24.9 Å². The molecule has 0 atom stereocenters. The van der Waals surface area contributed by atoms with Gasteiger partial charge in [-0.15, -0.1) is 0 Å². The minimum absolute atomic E-state index is 0.0778. The van der Waals surface area contributed by atoms with Crippen molar-refractivity contribution >= 4 is 34.9 Å². The number of nitro groups is 1. The van der Waals surface area contributed by atoms with Crippen molar-refractivity contribution in [1.82, 2.24) is 0 Å². The molecular weight excluding hydrogens is 440 g/mol. The Kier molecular flexibility index (Phi) is 9.27. The van der Waals surface area contributed by atoms with Crippen molar-refractivity contribution in [3.05, 3.63) is 57.1 Å². The fourth-order valence-corrected chi connectivity index (χ4v) is 3.14. The molecule has 0 fully saturated rings. The van der Waals surface area contributed by atoms with Gasteiger partial charge in [0.15, 0.2) is 5.69 Å². The number of unbranched alkanes of at least 4 members (excludes halogenated alkanes) is 2. The number of hydrogen-bond acceptors (Lipinski definition) is 7. The molecule has 2 rings (SSSR count). The zero-order valence-corrected chi connectivity index (χ0v) is 18.9. The Morgan fingerprint density at radius 1 is 1.16 bits per heavy atom. The summed E-state index contributed by atoms with van der Waals surface area (Å²) in [4.78, 5) is 45.2. The smallest absolute Gasteiger partial charge is 0.352 e. The highest BCUT2D eigenvalue weighted by atomic mass is 35.5. The van der Waals surface area contributed by atoms with Gasteiger partial charge in [0.1, 0.15) is 5.75 Å². The van der Waals surface area contributed by atoms with Crippen LogP contribution in [0.2, 0.25) is 5.02 Å². The first-order valence-corrected chi connectivity index (χ1v) is 10.4. The number of anilines is 1. The first kappa shape index (κ1) is 24.9. The molecule has 0 aromatic heterocycles. The molecule has 10 heteroatoms. The van der Waals surface area contributed by atoms with E-state index in [0.717, 1.165) is 31.1 Å². The molecule has 0 N–H and O–H groups in total. The van der Waals surface area contributed by atoms with Gasteiger partial charge in [-0.3, -0.25) is 29.6 Å². The van der Waals surface area contributed by atoms with Crippen molar-refractivity contribution in [2.75, 3.05) is 11.5 Å². The normalized spacial score (nSPS) is 10.4. The number of ether oxygens (including phenoxy) is 1. The Labute approximate surface area is 190 Å². The lowest BCUT2D eigenvalue weighted by atomic mass is 10.1. The van der Waals surface area contributed by atoms with E-state index in [1.807, 2.05) is 0 Å². The second kappa shape index (κ2) is 11.9. The van der Waals surface area contributed by atoms with Crippen LogP contribution in [0.15, 0.2) is 36.4 Å². The van der Waals surface area contributed by atoms with Gasteiger partial charge in [0.2, 0.25) is 11.7 Å². The average molecular weight is 465 g/mol. The van der Waals surface area contributed by atoms with Crippen LogP contribution < -0.4 is 14.5 Å². The topological polar surface area (TPSA) is 108 Å². The summed E-state index contributed by atoms with van der Waals surface area (Å²) in [6.07, 6.45) is 3.07. The summed E-state index contributed by atoms with van der Waals surface area (Å²) in [6, 6.07) is 8.99. The molecular formula is C22H25ClN2O7. The van der Waals surface area contributed by atoms with E-state index in [4.69, 9.17) is 21.2 Å². The maximum absolute atomic E-state index is 12.5. The number of amides is 1. The van der Waals surface area contributed by atoms with Crippen LogP contribution in [0.25, 0.3) is 0 Å². The van der Waals surface area contributed by atoms with Gasteiger partial charge in [-0.1, -0.05) is 43.5 Å². The summed E-state index contributed by atoms with van der Waals surface area (Å²) in [7, 11) is 0. The average Bonchev–Trinajstić information content (AvgIpc) is 2.74. The molecule has 1 amide bonds. The lowest BCUT2D eigenvalue weighted by Gasteiger charge is -2.23. The number of halogens is 1. The SMILES string of the molecule is CCCCCOc1ccc(CN(C(C)=O)c2c(OOC(C)=O)cccc2[N+](=O)[O-])c(Cl)c1. The maximum atomic E-state index is 12.5. The minimum Gasteiger partial charge on any atom is -0.494 e. The number of rotatable bonds is 11. The molecule has 0 aliphatic heterocycles. The number of para-hydroxylation sites is 1. The summed E-state index contributed by atoms with van der Waals surface area (Å²) >= 11 is 6.40. The lowest BCUT2D eigenvalue weighted by molar-refractivity contribution is -0.384. The van der Waals surface area contributed by atoms with E-state index >= 15 is 0 Å². The molecule has 0 bridgehead atoms. The van der Waals surface area contributed by atoms with Crippen molar-refractivity contribution in [2.45, 2.75) is 46.6 Å². The van der Waals surface area contributed by atoms with Crippen molar-refractivity contribution in [2.24, 2.45) is 0 Å². The molecule has 0 aliphatic carbocycles. The van der Waals surface area contributed by atoms with Crippen LogP contribution in [0.4, 0.5) is 11.4 Å². The van der Waals surface area contributed by atoms with Gasteiger partial charge in [0.25, 0.3) is 5.69 Å². The molecule has 172 valence electrons. The van der Waals surface area contributed by atoms with Gasteiger partial charge in [-0.05, 0) is 30.2 Å². The summed E-state index contributed by atoms with van der Waals surface area (Å²) in [5.74, 6) is -0.817. The highest BCUT2D eigenvalue weighted by Crippen LogP contribution is 2.39. The molecule has 32 heavy (non-hydrogen) atoms. The van der Waals surface area contributed by atoms with Gasteiger partial charge in [-0.25, -0.2) is 4.79 Å². The van der Waals surface area contributed by atoms with E-state index in [1.165, 1.54) is 25.1 Å². The zero-order valence-electron chi connectivity index (χ0n) is 18.1. The van der Waals surface area contributed by atoms with Crippen molar-refractivity contribution < 1.29 is 29.0 Å². The Bertz CT molecular complexity index is 981. The monoisotopic (exact) mass is 464 g/mol. The summed E-state index contributed by atoms with van der Waals surface area (Å²) in [6.45, 7) is 4.96. The van der Waals surface area contributed by atoms with E-state index < -0.39 is 22.5 Å². The van der Waals surface area contributed by atoms with E-state index in [2.05, 4.69) is 11.8 Å². The Hall–Kier alpha value is -3.33. The fourth-order valence-electron chi connectivity index (χ4n) is 2.91. The molecule has 0 spiro atoms. The highest BCUT2D eigenvalue weighted by molar-refractivity contribution is 6.31. The van der Waals surface area contributed by atoms with Crippen LogP contribution >= 0.6 is 11.6 Å². The fraction of sp³-hybridized carbons (Fsp3) is 0.364. The first-order chi connectivity index (χ1) is 15.2. The number of hydrogen-bond donors (Lipinski definition) is 0. The second-order valence-electron chi connectivity index (χ2n) is 6.95. The quantitative estimate of drug-likeness (QED) is 0.194. The van der Waals surface area contributed by atoms with E-state index in [9.17, 15) is 19.7 Å². The predicted molar refractivity (Wildman–Crippen MR) is 119 cm³/mol. The van der Waals surface area contributed by atoms with Crippen LogP contribution in [0, 0.1) is 10.1 Å². The van der Waals surface area contributed by atoms with Gasteiger partial charge in [0.05, 0.1) is 18.1 Å². The summed E-state index contributed by atoms with van der Waals surface area (Å²) in [5, 5.41) is 12.0. The number of carbonyl (C=O) groups excluding carboxylic acids is 2. The van der Waals surface area contributed by atoms with Crippen molar-refractivity contribution in [3.63, 3.8) is 0 Å². The number of benzene rings is 2. The van der Waals surface area contributed by atoms with Gasteiger partial charge >= 0.3 is 5.97 Å². The van der Waals surface area contributed by atoms with Crippen LogP contribution in [0.5, 0.6) is 11.5 Å². The number of nitrogens with zero attached hydrogens (tertiary/aromatic N) is 2. The maximum Gasteiger partial charge on any atom is 0.352 e. The molecule has 0 heterocycles. The standard InChI is InChI=1S/C22H25ClN2O7/c1-4-5-6-12-30-18-11-10-17(19(23)13-18)14-24(15(2)26)22-20(25(28)29)8-7-9-21(22)32-31-16(3)27/h7-11,13H,4-6,12,14H2,1-3H3. The number of carbonyl (C=O) groups is 2. The largest absolute Gasteiger partial charge is 0.494 e. The first-order valence-electron chi connectivity index (χ1n) is 10.1. The third kappa shape index (κ3) is 6.84. The number of nitro benzene ring substituents is 1. The molecule has 0 saturated heterocycles. The van der Waals surface area contributed by atoms with Crippen LogP contribution in [0.3, 0.4) is 0 Å². The van der Waals surface area contributed by atoms with Crippen molar-refractivity contribution in [1.29, 1.82) is 0 Å². The third-order valence-electron chi connectivity index (χ3n) is 4.44. The highest BCUT2D eigenvalue weighted by Gasteiger charge is 2.28. The molecule has 0 saturated carbocycles. The van der Waals surface area contributed by atoms with Gasteiger partial charge < -0.3 is 4.74 Å². The molecule has 0 aliphatic rings. The Morgan fingerprint density at radius 3 is 2.50 bits per heavy atom. The minimum atomic E-state index is -0.755. The Morgan fingerprint density at radius 2 is 1.91 bits per heavy atom. The molecule has 0 unspecified atom stereocenters. The van der Waals surface area contributed by atoms with E-state index in [0.29, 0.717) is 22.9 Å².